The van der Waals surface area contributed by atoms with Crippen LogP contribution < -0.4 is 5.32 Å². The second-order valence-corrected chi connectivity index (χ2v) is 11.2. The Morgan fingerprint density at radius 1 is 0.927 bits per heavy atom. The first-order valence-corrected chi connectivity index (χ1v) is 14.9. The molecule has 6 heteroatoms. The highest BCUT2D eigenvalue weighted by Crippen LogP contribution is 2.36. The van der Waals surface area contributed by atoms with Crippen molar-refractivity contribution in [3.8, 4) is 16.6 Å². The Balaban J connectivity index is 1.43. The van der Waals surface area contributed by atoms with E-state index in [0.29, 0.717) is 5.69 Å². The molecule has 2 aromatic heterocycles. The van der Waals surface area contributed by atoms with Crippen LogP contribution in [-0.4, -0.2) is 15.5 Å². The van der Waals surface area contributed by atoms with Gasteiger partial charge in [0, 0.05) is 39.6 Å². The highest BCUT2D eigenvalue weighted by atomic mass is 32.1. The number of aryl methyl sites for hydroxylation is 1. The minimum absolute atomic E-state index is 0.0617. The van der Waals surface area contributed by atoms with Crippen molar-refractivity contribution in [3.63, 3.8) is 0 Å². The Morgan fingerprint density at radius 3 is 2.46 bits per heavy atom. The van der Waals surface area contributed by atoms with Gasteiger partial charge in [-0.05, 0) is 72.7 Å². The lowest BCUT2D eigenvalue weighted by Gasteiger charge is -2.08. The van der Waals surface area contributed by atoms with Crippen molar-refractivity contribution in [2.24, 2.45) is 0 Å². The highest BCUT2D eigenvalue weighted by molar-refractivity contribution is 7.21. The molecular weight excluding hydrogens is 524 g/mol. The molecule has 5 nitrogen and oxygen atoms in total. The summed E-state index contributed by atoms with van der Waals surface area (Å²) < 4.78 is 3.58. The van der Waals surface area contributed by atoms with Crippen molar-refractivity contribution in [2.45, 2.75) is 39.2 Å². The zero-order valence-corrected chi connectivity index (χ0v) is 23.7. The number of hydrogen-bond acceptors (Lipinski definition) is 4. The maximum absolute atomic E-state index is 12.9. The van der Waals surface area contributed by atoms with Gasteiger partial charge in [0.1, 0.15) is 16.6 Å². The van der Waals surface area contributed by atoms with Crippen molar-refractivity contribution in [2.75, 3.05) is 5.32 Å². The summed E-state index contributed by atoms with van der Waals surface area (Å²) in [6.07, 6.45) is 6.42. The number of carbonyl (C=O) groups excluding carboxylic acids is 1. The second kappa shape index (κ2) is 11.8. The monoisotopic (exact) mass is 554 g/mol. The van der Waals surface area contributed by atoms with Crippen LogP contribution in [0.1, 0.15) is 38.2 Å². The number of nitrogens with one attached hydrogen (secondary N) is 1. The van der Waals surface area contributed by atoms with E-state index in [9.17, 15) is 10.1 Å². The number of hydrogen-bond donors (Lipinski definition) is 1. The van der Waals surface area contributed by atoms with Crippen molar-refractivity contribution in [1.29, 1.82) is 5.26 Å². The Morgan fingerprint density at radius 2 is 1.68 bits per heavy atom. The van der Waals surface area contributed by atoms with Gasteiger partial charge in [-0.1, -0.05) is 62.6 Å². The van der Waals surface area contributed by atoms with Crippen LogP contribution in [0.4, 0.5) is 5.69 Å². The lowest BCUT2D eigenvalue weighted by atomic mass is 10.1. The van der Waals surface area contributed by atoms with Crippen molar-refractivity contribution in [1.82, 2.24) is 9.55 Å². The lowest BCUT2D eigenvalue weighted by molar-refractivity contribution is -0.112. The molecular formula is C35H30N4OS. The molecule has 0 radical (unpaired) electrons. The fraction of sp³-hybridized carbons (Fsp3) is 0.171. The van der Waals surface area contributed by atoms with Crippen LogP contribution in [0.25, 0.3) is 48.7 Å². The van der Waals surface area contributed by atoms with Crippen LogP contribution in [0, 0.1) is 11.3 Å². The maximum atomic E-state index is 12.9. The molecule has 1 N–H and O–H groups in total. The third-order valence-electron chi connectivity index (χ3n) is 7.37. The SMILES string of the molecule is CCCCCCn1c2ccc(C=C(C#N)C(=O)Nc3ccccc3)cc2c2cc(-c3nc4ccccc4s3)ccc21. The van der Waals surface area contributed by atoms with E-state index in [4.69, 9.17) is 4.98 Å². The van der Waals surface area contributed by atoms with Gasteiger partial charge in [-0.25, -0.2) is 4.98 Å². The van der Waals surface area contributed by atoms with E-state index in [1.165, 1.54) is 29.5 Å². The number of rotatable bonds is 9. The Hall–Kier alpha value is -4.73. The first-order chi connectivity index (χ1) is 20.1. The zero-order chi connectivity index (χ0) is 28.2. The molecule has 0 aliphatic carbocycles. The average Bonchev–Trinajstić information content (AvgIpc) is 3.57. The minimum Gasteiger partial charge on any atom is -0.340 e. The van der Waals surface area contributed by atoms with Crippen LogP contribution in [-0.2, 0) is 11.3 Å². The Labute approximate surface area is 243 Å². The Kier molecular flexibility index (Phi) is 7.62. The molecule has 0 bridgehead atoms. The summed E-state index contributed by atoms with van der Waals surface area (Å²) in [7, 11) is 0. The Bertz CT molecular complexity index is 1910. The first kappa shape index (κ1) is 26.5. The molecule has 0 fully saturated rings. The molecule has 6 aromatic rings. The molecule has 0 atom stereocenters. The standard InChI is InChI=1S/C35H30N4OS/c1-2-3-4-10-19-39-31-17-15-24(20-26(23-36)34(40)37-27-11-6-5-7-12-27)21-28(31)29-22-25(16-18-32(29)39)35-38-30-13-8-9-14-33(30)41-35/h5-9,11-18,20-22H,2-4,10,19H2,1H3,(H,37,40). The van der Waals surface area contributed by atoms with Crippen LogP contribution >= 0.6 is 11.3 Å². The predicted octanol–water partition coefficient (Wildman–Crippen LogP) is 9.20. The fourth-order valence-electron chi connectivity index (χ4n) is 5.31. The molecule has 202 valence electrons. The van der Waals surface area contributed by atoms with Gasteiger partial charge in [0.05, 0.1) is 10.2 Å². The largest absolute Gasteiger partial charge is 0.340 e. The van der Waals surface area contributed by atoms with Gasteiger partial charge in [0.25, 0.3) is 5.91 Å². The zero-order valence-electron chi connectivity index (χ0n) is 22.9. The summed E-state index contributed by atoms with van der Waals surface area (Å²) in [5, 5.41) is 15.9. The number of nitrogens with zero attached hydrogens (tertiary/aromatic N) is 3. The molecule has 4 aromatic carbocycles. The summed E-state index contributed by atoms with van der Waals surface area (Å²) in [6.45, 7) is 3.17. The molecule has 0 aliphatic heterocycles. The third kappa shape index (κ3) is 5.50. The number of para-hydroxylation sites is 2. The maximum Gasteiger partial charge on any atom is 0.266 e. The number of benzene rings is 4. The average molecular weight is 555 g/mol. The molecule has 0 unspecified atom stereocenters. The van der Waals surface area contributed by atoms with Crippen molar-refractivity contribution < 1.29 is 4.79 Å². The normalized spacial score (nSPS) is 11.8. The number of nitriles is 1. The third-order valence-corrected chi connectivity index (χ3v) is 8.46. The predicted molar refractivity (Wildman–Crippen MR) is 171 cm³/mol. The number of thiazole rings is 1. The number of aromatic nitrogens is 2. The summed E-state index contributed by atoms with van der Waals surface area (Å²) in [5.41, 5.74) is 5.97. The minimum atomic E-state index is -0.421. The van der Waals surface area contributed by atoms with E-state index in [1.807, 2.05) is 36.4 Å². The van der Waals surface area contributed by atoms with Gasteiger partial charge < -0.3 is 9.88 Å². The molecule has 2 heterocycles. The number of anilines is 1. The quantitative estimate of drug-likeness (QED) is 0.110. The molecule has 1 amide bonds. The highest BCUT2D eigenvalue weighted by Gasteiger charge is 2.15. The van der Waals surface area contributed by atoms with E-state index in [1.54, 1.807) is 29.5 Å². The smallest absolute Gasteiger partial charge is 0.266 e. The number of carbonyl (C=O) groups is 1. The second-order valence-electron chi connectivity index (χ2n) is 10.2. The van der Waals surface area contributed by atoms with Gasteiger partial charge in [0.15, 0.2) is 0 Å². The molecule has 0 spiro atoms. The van der Waals surface area contributed by atoms with E-state index in [2.05, 4.69) is 65.3 Å². The van der Waals surface area contributed by atoms with Gasteiger partial charge in [-0.2, -0.15) is 5.26 Å². The van der Waals surface area contributed by atoms with Crippen molar-refractivity contribution in [3.05, 3.63) is 102 Å². The fourth-order valence-corrected chi connectivity index (χ4v) is 6.27. The number of unbranched alkanes of at least 4 members (excludes halogenated alkanes) is 3. The van der Waals surface area contributed by atoms with Crippen LogP contribution in [0.3, 0.4) is 0 Å². The lowest BCUT2D eigenvalue weighted by Crippen LogP contribution is -2.13. The van der Waals surface area contributed by atoms with Gasteiger partial charge >= 0.3 is 0 Å². The summed E-state index contributed by atoms with van der Waals surface area (Å²) >= 11 is 1.70. The molecule has 0 aliphatic rings. The number of amides is 1. The summed E-state index contributed by atoms with van der Waals surface area (Å²) in [4.78, 5) is 17.8. The van der Waals surface area contributed by atoms with E-state index >= 15 is 0 Å². The van der Waals surface area contributed by atoms with Gasteiger partial charge in [0.2, 0.25) is 0 Å². The van der Waals surface area contributed by atoms with Crippen LogP contribution in [0.5, 0.6) is 0 Å². The summed E-state index contributed by atoms with van der Waals surface area (Å²) in [6, 6.07) is 32.3. The molecule has 0 saturated carbocycles. The molecule has 6 rings (SSSR count). The summed E-state index contributed by atoms with van der Waals surface area (Å²) in [5.74, 6) is -0.421. The van der Waals surface area contributed by atoms with Crippen LogP contribution in [0.15, 0.2) is 96.6 Å². The first-order valence-electron chi connectivity index (χ1n) is 14.0. The van der Waals surface area contributed by atoms with Gasteiger partial charge in [-0.3, -0.25) is 4.79 Å². The van der Waals surface area contributed by atoms with Crippen LogP contribution in [0.2, 0.25) is 0 Å². The molecule has 41 heavy (non-hydrogen) atoms. The van der Waals surface area contributed by atoms with Crippen molar-refractivity contribution >= 4 is 61.0 Å². The topological polar surface area (TPSA) is 70.7 Å². The van der Waals surface area contributed by atoms with E-state index < -0.39 is 5.91 Å². The van der Waals surface area contributed by atoms with Gasteiger partial charge in [-0.15, -0.1) is 11.3 Å². The number of fused-ring (bicyclic) bond motifs is 4. The van der Waals surface area contributed by atoms with E-state index in [0.717, 1.165) is 50.9 Å². The van der Waals surface area contributed by atoms with E-state index in [-0.39, 0.29) is 5.57 Å². The molecule has 0 saturated heterocycles.